The molecule has 0 aromatic heterocycles. The van der Waals surface area contributed by atoms with E-state index >= 15 is 0 Å². The molecule has 0 saturated carbocycles. The fraction of sp³-hybridized carbons (Fsp3) is 0.417. The van der Waals surface area contributed by atoms with Gasteiger partial charge in [-0.1, -0.05) is 6.92 Å². The Kier molecular flexibility index (Phi) is 5.46. The maximum atomic E-state index is 12.0. The van der Waals surface area contributed by atoms with Crippen molar-refractivity contribution in [3.63, 3.8) is 0 Å². The van der Waals surface area contributed by atoms with E-state index in [1.165, 1.54) is 31.3 Å². The Morgan fingerprint density at radius 1 is 1.32 bits per heavy atom. The van der Waals surface area contributed by atoms with Crippen LogP contribution in [0.4, 0.5) is 0 Å². The number of nitrogens with one attached hydrogen (secondary N) is 2. The molecule has 0 spiro atoms. The second kappa shape index (κ2) is 6.65. The number of hydrogen-bond acceptors (Lipinski definition) is 4. The van der Waals surface area contributed by atoms with Gasteiger partial charge in [-0.2, -0.15) is 0 Å². The van der Waals surface area contributed by atoms with E-state index in [0.29, 0.717) is 12.0 Å². The van der Waals surface area contributed by atoms with Gasteiger partial charge < -0.3 is 11.1 Å². The van der Waals surface area contributed by atoms with Gasteiger partial charge in [-0.05, 0) is 30.7 Å². The Hall–Kier alpha value is -1.44. The highest BCUT2D eigenvalue weighted by Gasteiger charge is 2.18. The lowest BCUT2D eigenvalue weighted by Crippen LogP contribution is -2.39. The number of nitrogens with two attached hydrogens (primary N) is 1. The van der Waals surface area contributed by atoms with Gasteiger partial charge in [0.05, 0.1) is 4.90 Å². The van der Waals surface area contributed by atoms with Gasteiger partial charge in [0.15, 0.2) is 0 Å². The summed E-state index contributed by atoms with van der Waals surface area (Å²) < 4.78 is 26.6. The molecule has 0 aliphatic carbocycles. The Labute approximate surface area is 113 Å². The van der Waals surface area contributed by atoms with Crippen molar-refractivity contribution in [1.82, 2.24) is 10.0 Å². The first-order valence-electron chi connectivity index (χ1n) is 5.99. The predicted octanol–water partition coefficient (Wildman–Crippen LogP) is 0.0618. The molecule has 4 N–H and O–H groups in total. The lowest BCUT2D eigenvalue weighted by atomic mass is 10.2. The zero-order valence-corrected chi connectivity index (χ0v) is 11.8. The van der Waals surface area contributed by atoms with E-state index in [0.717, 1.165) is 0 Å². The van der Waals surface area contributed by atoms with Gasteiger partial charge in [-0.3, -0.25) is 4.79 Å². The van der Waals surface area contributed by atoms with Gasteiger partial charge in [0.1, 0.15) is 0 Å². The van der Waals surface area contributed by atoms with Crippen LogP contribution in [-0.2, 0) is 10.0 Å². The summed E-state index contributed by atoms with van der Waals surface area (Å²) in [5, 5.41) is 2.47. The monoisotopic (exact) mass is 285 g/mol. The lowest BCUT2D eigenvalue weighted by molar-refractivity contribution is 0.0963. The van der Waals surface area contributed by atoms with Crippen molar-refractivity contribution in [2.45, 2.75) is 24.3 Å². The Bertz CT molecular complexity index is 522. The average molecular weight is 285 g/mol. The van der Waals surface area contributed by atoms with E-state index in [4.69, 9.17) is 5.73 Å². The molecule has 1 aromatic carbocycles. The maximum Gasteiger partial charge on any atom is 0.251 e. The summed E-state index contributed by atoms with van der Waals surface area (Å²) in [5.41, 5.74) is 5.88. The minimum absolute atomic E-state index is 0.118. The van der Waals surface area contributed by atoms with Crippen LogP contribution in [0.25, 0.3) is 0 Å². The van der Waals surface area contributed by atoms with Crippen LogP contribution in [0.1, 0.15) is 23.7 Å². The SMILES string of the molecule is CCC(CN)NS(=O)(=O)c1ccc(C(=O)NC)cc1. The number of amides is 1. The van der Waals surface area contributed by atoms with Crippen LogP contribution < -0.4 is 15.8 Å². The fourth-order valence-electron chi connectivity index (χ4n) is 1.52. The molecule has 0 radical (unpaired) electrons. The largest absolute Gasteiger partial charge is 0.355 e. The molecule has 1 atom stereocenters. The van der Waals surface area contributed by atoms with Crippen LogP contribution in [0.3, 0.4) is 0 Å². The summed E-state index contributed by atoms with van der Waals surface area (Å²) in [6, 6.07) is 5.45. The van der Waals surface area contributed by atoms with Crippen LogP contribution in [0.2, 0.25) is 0 Å². The van der Waals surface area contributed by atoms with E-state index in [1.807, 2.05) is 6.92 Å². The van der Waals surface area contributed by atoms with E-state index in [1.54, 1.807) is 0 Å². The molecule has 1 rings (SSSR count). The molecule has 0 fully saturated rings. The summed E-state index contributed by atoms with van der Waals surface area (Å²) in [6.45, 7) is 2.10. The Morgan fingerprint density at radius 3 is 2.32 bits per heavy atom. The third-order valence-electron chi connectivity index (χ3n) is 2.75. The number of rotatable bonds is 6. The van der Waals surface area contributed by atoms with Gasteiger partial charge in [0, 0.05) is 25.2 Å². The first kappa shape index (κ1) is 15.6. The normalized spacial score (nSPS) is 13.0. The summed E-state index contributed by atoms with van der Waals surface area (Å²) in [4.78, 5) is 11.5. The molecule has 106 valence electrons. The van der Waals surface area contributed by atoms with Crippen molar-refractivity contribution < 1.29 is 13.2 Å². The third-order valence-corrected chi connectivity index (χ3v) is 4.29. The first-order valence-corrected chi connectivity index (χ1v) is 7.47. The Balaban J connectivity index is 2.93. The van der Waals surface area contributed by atoms with Crippen LogP contribution in [-0.4, -0.2) is 34.0 Å². The molecule has 7 heteroatoms. The summed E-state index contributed by atoms with van der Waals surface area (Å²) >= 11 is 0. The lowest BCUT2D eigenvalue weighted by Gasteiger charge is -2.15. The molecular formula is C12H19N3O3S. The van der Waals surface area contributed by atoms with E-state index in [9.17, 15) is 13.2 Å². The molecule has 19 heavy (non-hydrogen) atoms. The predicted molar refractivity (Wildman–Crippen MR) is 73.3 cm³/mol. The first-order chi connectivity index (χ1) is 8.94. The standard InChI is InChI=1S/C12H19N3O3S/c1-3-10(8-13)15-19(17,18)11-6-4-9(5-7-11)12(16)14-2/h4-7,10,15H,3,8,13H2,1-2H3,(H,14,16). The number of sulfonamides is 1. The molecule has 1 aromatic rings. The second-order valence-corrected chi connectivity index (χ2v) is 5.78. The van der Waals surface area contributed by atoms with Gasteiger partial charge in [0.25, 0.3) is 5.91 Å². The average Bonchev–Trinajstić information content (AvgIpc) is 2.44. The van der Waals surface area contributed by atoms with Crippen molar-refractivity contribution in [3.05, 3.63) is 29.8 Å². The van der Waals surface area contributed by atoms with Gasteiger partial charge in [0.2, 0.25) is 10.0 Å². The zero-order chi connectivity index (χ0) is 14.5. The number of carbonyl (C=O) groups excluding carboxylic acids is 1. The molecule has 0 heterocycles. The van der Waals surface area contributed by atoms with E-state index in [2.05, 4.69) is 10.0 Å². The molecule has 0 aliphatic heterocycles. The van der Waals surface area contributed by atoms with Gasteiger partial charge >= 0.3 is 0 Å². The molecule has 0 saturated heterocycles. The molecule has 6 nitrogen and oxygen atoms in total. The highest BCUT2D eigenvalue weighted by Crippen LogP contribution is 2.11. The highest BCUT2D eigenvalue weighted by atomic mass is 32.2. The summed E-state index contributed by atoms with van der Waals surface area (Å²) in [7, 11) is -2.08. The topological polar surface area (TPSA) is 101 Å². The zero-order valence-electron chi connectivity index (χ0n) is 11.0. The van der Waals surface area contributed by atoms with Crippen molar-refractivity contribution in [3.8, 4) is 0 Å². The van der Waals surface area contributed by atoms with E-state index in [-0.39, 0.29) is 23.4 Å². The quantitative estimate of drug-likeness (QED) is 0.688. The van der Waals surface area contributed by atoms with Gasteiger partial charge in [-0.15, -0.1) is 0 Å². The summed E-state index contributed by atoms with van der Waals surface area (Å²) in [5.74, 6) is -0.259. The minimum Gasteiger partial charge on any atom is -0.355 e. The van der Waals surface area contributed by atoms with Crippen LogP contribution >= 0.6 is 0 Å². The number of benzene rings is 1. The van der Waals surface area contributed by atoms with Crippen LogP contribution in [0.15, 0.2) is 29.2 Å². The van der Waals surface area contributed by atoms with E-state index < -0.39 is 10.0 Å². The molecule has 1 amide bonds. The smallest absolute Gasteiger partial charge is 0.251 e. The van der Waals surface area contributed by atoms with Crippen molar-refractivity contribution >= 4 is 15.9 Å². The maximum absolute atomic E-state index is 12.0. The minimum atomic E-state index is -3.59. The second-order valence-electron chi connectivity index (χ2n) is 4.07. The highest BCUT2D eigenvalue weighted by molar-refractivity contribution is 7.89. The third kappa shape index (κ3) is 4.02. The Morgan fingerprint density at radius 2 is 1.89 bits per heavy atom. The fourth-order valence-corrected chi connectivity index (χ4v) is 2.85. The van der Waals surface area contributed by atoms with Gasteiger partial charge in [-0.25, -0.2) is 13.1 Å². The van der Waals surface area contributed by atoms with Crippen molar-refractivity contribution in [2.24, 2.45) is 5.73 Å². The van der Waals surface area contributed by atoms with Crippen LogP contribution in [0.5, 0.6) is 0 Å². The number of hydrogen-bond donors (Lipinski definition) is 3. The number of carbonyl (C=O) groups is 1. The molecule has 1 unspecified atom stereocenters. The summed E-state index contributed by atoms with van der Waals surface area (Å²) in [6.07, 6.45) is 0.617. The van der Waals surface area contributed by atoms with Crippen molar-refractivity contribution in [1.29, 1.82) is 0 Å². The molecular weight excluding hydrogens is 266 g/mol. The van der Waals surface area contributed by atoms with Crippen molar-refractivity contribution in [2.75, 3.05) is 13.6 Å². The van der Waals surface area contributed by atoms with Crippen LogP contribution in [0, 0.1) is 0 Å². The molecule has 0 aliphatic rings. The molecule has 0 bridgehead atoms.